The Morgan fingerprint density at radius 3 is 1.59 bits per heavy atom. The van der Waals surface area contributed by atoms with Crippen LogP contribution in [0.5, 0.6) is 0 Å². The molecule has 2 nitrogen and oxygen atoms in total. The minimum Gasteiger partial charge on any atom is -0.295 e. The molecule has 0 N–H and O–H groups in total. The third kappa shape index (κ3) is 3.35. The highest BCUT2D eigenvalue weighted by Gasteiger charge is 2.92. The van der Waals surface area contributed by atoms with Crippen molar-refractivity contribution in [3.05, 3.63) is 34.9 Å². The fourth-order valence-corrected chi connectivity index (χ4v) is 2.54. The highest BCUT2D eigenvalue weighted by molar-refractivity contribution is 6.11. The predicted octanol–water partition coefficient (Wildman–Crippen LogP) is 5.20. The Morgan fingerprint density at radius 1 is 0.828 bits per heavy atom. The lowest BCUT2D eigenvalue weighted by atomic mass is 9.68. The van der Waals surface area contributed by atoms with Crippen LogP contribution in [-0.2, 0) is 17.1 Å². The second-order valence-corrected chi connectivity index (χ2v) is 6.09. The average molecular weight is 446 g/mol. The zero-order chi connectivity index (χ0) is 22.8. The minimum atomic E-state index is -5.87. The molecule has 2 atom stereocenters. The quantitative estimate of drug-likeness (QED) is 0.362. The maximum Gasteiger partial charge on any atom is 0.416 e. The van der Waals surface area contributed by atoms with E-state index in [2.05, 4.69) is 0 Å². The molecule has 2 unspecified atom stereocenters. The minimum absolute atomic E-state index is 0.184. The number of rotatable bonds is 4. The average Bonchev–Trinajstić information content (AvgIpc) is 2.57. The summed E-state index contributed by atoms with van der Waals surface area (Å²) in [4.78, 5) is 23.3. The van der Waals surface area contributed by atoms with E-state index < -0.39 is 76.8 Å². The van der Waals surface area contributed by atoms with Crippen LogP contribution in [0.15, 0.2) is 18.2 Å². The van der Waals surface area contributed by atoms with Gasteiger partial charge < -0.3 is 0 Å². The molecule has 1 saturated carbocycles. The highest BCUT2D eigenvalue weighted by atomic mass is 19.4. The monoisotopic (exact) mass is 446 g/mol. The van der Waals surface area contributed by atoms with Gasteiger partial charge in [0.05, 0.1) is 17.5 Å². The first-order valence-corrected chi connectivity index (χ1v) is 7.22. The Morgan fingerprint density at radius 2 is 1.24 bits per heavy atom. The predicted molar refractivity (Wildman–Crippen MR) is 69.0 cm³/mol. The Hall–Kier alpha value is -2.28. The van der Waals surface area contributed by atoms with Gasteiger partial charge in [-0.2, -0.15) is 43.9 Å². The maximum absolute atomic E-state index is 13.9. The summed E-state index contributed by atoms with van der Waals surface area (Å²) in [6.07, 6.45) is -17.4. The van der Waals surface area contributed by atoms with Gasteiger partial charge in [-0.3, -0.25) is 9.59 Å². The molecule has 0 aliphatic heterocycles. The molecule has 1 fully saturated rings. The SMILES string of the molecule is O=C(CC(=O)C1(F)C(F)C(F)(F)C1(F)F)c1cc(C(F)(F)F)cc(C(F)(F)F)c1. The topological polar surface area (TPSA) is 34.1 Å². The molecule has 0 radical (unpaired) electrons. The molecule has 2 rings (SSSR count). The van der Waals surface area contributed by atoms with Crippen LogP contribution in [0.3, 0.4) is 0 Å². The van der Waals surface area contributed by atoms with Crippen molar-refractivity contribution < 1.29 is 62.3 Å². The highest BCUT2D eigenvalue weighted by Crippen LogP contribution is 2.62. The van der Waals surface area contributed by atoms with Gasteiger partial charge in [0, 0.05) is 5.56 Å². The summed E-state index contributed by atoms with van der Waals surface area (Å²) >= 11 is 0. The lowest BCUT2D eigenvalue weighted by Gasteiger charge is -2.49. The van der Waals surface area contributed by atoms with Crippen molar-refractivity contribution >= 4 is 11.6 Å². The fraction of sp³-hybridized carbons (Fsp3) is 0.467. The van der Waals surface area contributed by atoms with Crippen LogP contribution in [-0.4, -0.2) is 35.3 Å². The van der Waals surface area contributed by atoms with Gasteiger partial charge in [-0.05, 0) is 18.2 Å². The van der Waals surface area contributed by atoms with Crippen molar-refractivity contribution in [2.75, 3.05) is 0 Å². The van der Waals surface area contributed by atoms with Gasteiger partial charge in [-0.25, -0.2) is 8.78 Å². The van der Waals surface area contributed by atoms with Crippen LogP contribution in [0.1, 0.15) is 27.9 Å². The van der Waals surface area contributed by atoms with Crippen molar-refractivity contribution in [3.63, 3.8) is 0 Å². The molecular formula is C15H6F12O2. The Balaban J connectivity index is 2.40. The molecule has 1 aliphatic rings. The van der Waals surface area contributed by atoms with Crippen LogP contribution in [0.2, 0.25) is 0 Å². The Kier molecular flexibility index (Phi) is 5.04. The first-order valence-electron chi connectivity index (χ1n) is 7.22. The van der Waals surface area contributed by atoms with E-state index in [-0.39, 0.29) is 12.1 Å². The second-order valence-electron chi connectivity index (χ2n) is 6.09. The van der Waals surface area contributed by atoms with Gasteiger partial charge in [0.15, 0.2) is 11.6 Å². The zero-order valence-corrected chi connectivity index (χ0v) is 13.4. The number of alkyl halides is 12. The lowest BCUT2D eigenvalue weighted by molar-refractivity contribution is -0.380. The molecule has 0 saturated heterocycles. The zero-order valence-electron chi connectivity index (χ0n) is 13.4. The molecule has 1 aromatic carbocycles. The number of hydrogen-bond acceptors (Lipinski definition) is 2. The van der Waals surface area contributed by atoms with Crippen molar-refractivity contribution in [2.45, 2.75) is 42.5 Å². The number of Topliss-reactive ketones (excluding diaryl/α,β-unsaturated/α-hetero) is 2. The summed E-state index contributed by atoms with van der Waals surface area (Å²) in [5, 5.41) is 0. The van der Waals surface area contributed by atoms with Gasteiger partial charge >= 0.3 is 24.2 Å². The normalized spacial score (nSPS) is 26.0. The molecule has 1 aromatic rings. The molecular weight excluding hydrogens is 440 g/mol. The van der Waals surface area contributed by atoms with E-state index in [1.807, 2.05) is 0 Å². The molecule has 0 aromatic heterocycles. The summed E-state index contributed by atoms with van der Waals surface area (Å²) in [7, 11) is 0. The van der Waals surface area contributed by atoms with Gasteiger partial charge in [0.1, 0.15) is 0 Å². The molecule has 0 amide bonds. The van der Waals surface area contributed by atoms with Crippen LogP contribution in [0.25, 0.3) is 0 Å². The molecule has 0 bridgehead atoms. The number of carbonyl (C=O) groups is 2. The van der Waals surface area contributed by atoms with E-state index in [4.69, 9.17) is 0 Å². The van der Waals surface area contributed by atoms with E-state index >= 15 is 0 Å². The summed E-state index contributed by atoms with van der Waals surface area (Å²) < 4.78 is 155. The molecule has 162 valence electrons. The van der Waals surface area contributed by atoms with Crippen molar-refractivity contribution in [1.82, 2.24) is 0 Å². The Bertz CT molecular complexity index is 822. The van der Waals surface area contributed by atoms with Crippen LogP contribution in [0.4, 0.5) is 52.7 Å². The van der Waals surface area contributed by atoms with Gasteiger partial charge in [-0.1, -0.05) is 0 Å². The van der Waals surface area contributed by atoms with Crippen LogP contribution in [0, 0.1) is 0 Å². The smallest absolute Gasteiger partial charge is 0.295 e. The van der Waals surface area contributed by atoms with E-state index in [1.165, 1.54) is 0 Å². The molecule has 1 aliphatic carbocycles. The van der Waals surface area contributed by atoms with Crippen LogP contribution < -0.4 is 0 Å². The molecule has 0 spiro atoms. The number of hydrogen-bond donors (Lipinski definition) is 0. The summed E-state index contributed by atoms with van der Waals surface area (Å²) in [6, 6.07) is -0.764. The summed E-state index contributed by atoms with van der Waals surface area (Å²) in [6.45, 7) is 0. The first kappa shape index (κ1) is 23.0. The van der Waals surface area contributed by atoms with E-state index in [9.17, 15) is 62.3 Å². The van der Waals surface area contributed by atoms with Crippen LogP contribution >= 0.6 is 0 Å². The Labute approximate surface area is 152 Å². The summed E-state index contributed by atoms with van der Waals surface area (Å²) in [5.41, 5.74) is -10.7. The van der Waals surface area contributed by atoms with E-state index in [1.54, 1.807) is 0 Å². The molecule has 0 heterocycles. The first-order chi connectivity index (χ1) is 12.8. The standard InChI is InChI=1S/C15H6F12O2/c16-10-11(17,15(26,27)12(10,18)19)9(29)4-8(28)5-1-6(13(20,21)22)3-7(2-5)14(23,24)25/h1-3,10H,4H2. The number of benzene rings is 1. The molecule has 29 heavy (non-hydrogen) atoms. The second kappa shape index (κ2) is 6.36. The van der Waals surface area contributed by atoms with Crippen molar-refractivity contribution in [1.29, 1.82) is 0 Å². The summed E-state index contributed by atoms with van der Waals surface area (Å²) in [5.74, 6) is -16.3. The van der Waals surface area contributed by atoms with Gasteiger partial charge in [0.2, 0.25) is 6.17 Å². The third-order valence-electron chi connectivity index (χ3n) is 4.18. The lowest BCUT2D eigenvalue weighted by Crippen LogP contribution is -2.81. The fourth-order valence-electron chi connectivity index (χ4n) is 2.54. The van der Waals surface area contributed by atoms with Gasteiger partial charge in [-0.15, -0.1) is 0 Å². The number of carbonyl (C=O) groups excluding carboxylic acids is 2. The van der Waals surface area contributed by atoms with E-state index in [0.29, 0.717) is 0 Å². The van der Waals surface area contributed by atoms with Gasteiger partial charge in [0.25, 0.3) is 5.67 Å². The van der Waals surface area contributed by atoms with Crippen molar-refractivity contribution in [2.24, 2.45) is 0 Å². The molecule has 14 heteroatoms. The third-order valence-corrected chi connectivity index (χ3v) is 4.18. The maximum atomic E-state index is 13.9. The van der Waals surface area contributed by atoms with Crippen molar-refractivity contribution in [3.8, 4) is 0 Å². The number of halogens is 12. The van der Waals surface area contributed by atoms with E-state index in [0.717, 1.165) is 0 Å². The largest absolute Gasteiger partial charge is 0.416 e. The number of ketones is 2.